The molecule has 2 atom stereocenters. The smallest absolute Gasteiger partial charge is 0.339 e. The van der Waals surface area contributed by atoms with E-state index in [2.05, 4.69) is 21.6 Å². The summed E-state index contributed by atoms with van der Waals surface area (Å²) in [5, 5.41) is 22.8. The minimum Gasteiger partial charge on any atom is -0.468 e. The number of nitriles is 1. The second-order valence-electron chi connectivity index (χ2n) is 10.6. The van der Waals surface area contributed by atoms with Crippen molar-refractivity contribution in [1.29, 1.82) is 5.26 Å². The number of rotatable bonds is 9. The zero-order valence-electron chi connectivity index (χ0n) is 27.1. The maximum Gasteiger partial charge on any atom is 0.339 e. The number of carbonyl (C=O) groups excluding carboxylic acids is 5. The molecule has 50 heavy (non-hydrogen) atoms. The van der Waals surface area contributed by atoms with Crippen molar-refractivity contribution in [3.63, 3.8) is 0 Å². The van der Waals surface area contributed by atoms with Crippen LogP contribution in [0.3, 0.4) is 0 Å². The fraction of sp³-hybridized carbons (Fsp3) is 0.212. The zero-order chi connectivity index (χ0) is 35.9. The minimum atomic E-state index is -2.80. The first-order valence-corrected chi connectivity index (χ1v) is 17.1. The monoisotopic (exact) mass is 713 g/mol. The third kappa shape index (κ3) is 4.78. The Labute approximate surface area is 293 Å². The van der Waals surface area contributed by atoms with E-state index in [4.69, 9.17) is 14.2 Å². The number of Topliss-reactive ketones (excluding diaryl/α,β-unsaturated/α-hetero) is 1. The van der Waals surface area contributed by atoms with E-state index in [0.29, 0.717) is 11.4 Å². The third-order valence-electron chi connectivity index (χ3n) is 8.29. The Morgan fingerprint density at radius 2 is 1.44 bits per heavy atom. The Bertz CT molecular complexity index is 2160. The predicted molar refractivity (Wildman–Crippen MR) is 180 cm³/mol. The lowest BCUT2D eigenvalue weighted by Gasteiger charge is -2.43. The number of ketones is 1. The van der Waals surface area contributed by atoms with Gasteiger partial charge in [0.05, 0.1) is 38.3 Å². The van der Waals surface area contributed by atoms with Gasteiger partial charge < -0.3 is 19.5 Å². The van der Waals surface area contributed by atoms with Crippen molar-refractivity contribution in [2.45, 2.75) is 15.6 Å². The number of amides is 1. The molecule has 0 aliphatic carbocycles. The first-order valence-electron chi connectivity index (χ1n) is 14.7. The molecule has 4 heterocycles. The van der Waals surface area contributed by atoms with Crippen LogP contribution in [0, 0.1) is 17.2 Å². The van der Waals surface area contributed by atoms with Gasteiger partial charge in [0.15, 0.2) is 23.3 Å². The van der Waals surface area contributed by atoms with Crippen molar-refractivity contribution in [1.82, 2.24) is 19.6 Å². The number of anilines is 2. The number of benzene rings is 2. The summed E-state index contributed by atoms with van der Waals surface area (Å²) in [4.78, 5) is 72.7. The van der Waals surface area contributed by atoms with Crippen LogP contribution in [0.5, 0.6) is 0 Å². The molecule has 0 saturated carbocycles. The molecule has 0 radical (unpaired) electrons. The van der Waals surface area contributed by atoms with Gasteiger partial charge in [0.2, 0.25) is 5.54 Å². The number of carbonyl (C=O) groups is 5. The molecule has 2 aliphatic rings. The van der Waals surface area contributed by atoms with Gasteiger partial charge in [0.1, 0.15) is 33.0 Å². The molecule has 254 valence electrons. The van der Waals surface area contributed by atoms with E-state index in [0.717, 1.165) is 49.8 Å². The molecular formula is C33H27N7O8S2. The molecule has 1 amide bonds. The summed E-state index contributed by atoms with van der Waals surface area (Å²) in [7, 11) is 3.00. The van der Waals surface area contributed by atoms with Crippen LogP contribution in [-0.4, -0.2) is 88.5 Å². The van der Waals surface area contributed by atoms with Crippen LogP contribution < -0.4 is 10.2 Å². The molecule has 2 aliphatic heterocycles. The number of thioether (sulfide) groups is 2. The van der Waals surface area contributed by atoms with Gasteiger partial charge in [0.25, 0.3) is 5.91 Å². The number of para-hydroxylation sites is 2. The van der Waals surface area contributed by atoms with E-state index in [1.165, 1.54) is 9.36 Å². The molecule has 0 bridgehead atoms. The first kappa shape index (κ1) is 34.0. The number of nitrogens with one attached hydrogen (secondary N) is 1. The Hall–Kier alpha value is -5.86. The van der Waals surface area contributed by atoms with Crippen LogP contribution in [0.2, 0.25) is 0 Å². The van der Waals surface area contributed by atoms with Crippen molar-refractivity contribution in [3.8, 4) is 17.4 Å². The number of methoxy groups -OCH3 is 3. The number of esters is 3. The summed E-state index contributed by atoms with van der Waals surface area (Å²) < 4.78 is 18.1. The van der Waals surface area contributed by atoms with Gasteiger partial charge in [-0.3, -0.25) is 19.3 Å². The van der Waals surface area contributed by atoms with Gasteiger partial charge in [-0.25, -0.2) is 19.0 Å². The summed E-state index contributed by atoms with van der Waals surface area (Å²) >= 11 is 2.23. The van der Waals surface area contributed by atoms with E-state index in [-0.39, 0.29) is 32.8 Å². The molecule has 2 unspecified atom stereocenters. The van der Waals surface area contributed by atoms with E-state index >= 15 is 4.79 Å². The minimum absolute atomic E-state index is 0.00291. The van der Waals surface area contributed by atoms with Gasteiger partial charge in [-0.05, 0) is 36.8 Å². The van der Waals surface area contributed by atoms with Crippen molar-refractivity contribution in [2.24, 2.45) is 5.92 Å². The predicted octanol–water partition coefficient (Wildman–Crippen LogP) is 3.16. The number of nitrogens with zero attached hydrogens (tertiary/aromatic N) is 6. The molecule has 4 aromatic rings. The Kier molecular flexibility index (Phi) is 8.99. The van der Waals surface area contributed by atoms with Gasteiger partial charge in [-0.1, -0.05) is 36.4 Å². The molecule has 2 aromatic heterocycles. The molecule has 1 N–H and O–H groups in total. The average molecular weight is 714 g/mol. The molecule has 15 nitrogen and oxygen atoms in total. The topological polar surface area (TPSA) is 188 Å². The highest BCUT2D eigenvalue weighted by Gasteiger charge is 2.73. The zero-order valence-corrected chi connectivity index (χ0v) is 28.7. The lowest BCUT2D eigenvalue weighted by Crippen LogP contribution is -2.67. The van der Waals surface area contributed by atoms with Gasteiger partial charge in [-0.2, -0.15) is 15.5 Å². The number of fused-ring (bicyclic) bond motifs is 3. The van der Waals surface area contributed by atoms with Crippen LogP contribution in [0.4, 0.5) is 11.6 Å². The quantitative estimate of drug-likeness (QED) is 0.115. The van der Waals surface area contributed by atoms with E-state index < -0.39 is 52.3 Å². The van der Waals surface area contributed by atoms with Gasteiger partial charge >= 0.3 is 17.9 Å². The van der Waals surface area contributed by atoms with Crippen LogP contribution in [-0.2, 0) is 33.4 Å². The molecule has 6 rings (SSSR count). The molecule has 2 aromatic carbocycles. The maximum atomic E-state index is 15.1. The second kappa shape index (κ2) is 13.2. The number of hydrogen-bond donors (Lipinski definition) is 1. The molecule has 0 spiro atoms. The van der Waals surface area contributed by atoms with Crippen LogP contribution in [0.15, 0.2) is 82.0 Å². The lowest BCUT2D eigenvalue weighted by atomic mass is 9.71. The third-order valence-corrected chi connectivity index (χ3v) is 9.63. The summed E-state index contributed by atoms with van der Waals surface area (Å²) in [5.41, 5.74) is -3.39. The summed E-state index contributed by atoms with van der Waals surface area (Å²) in [6, 6.07) is 19.2. The van der Waals surface area contributed by atoms with Crippen LogP contribution >= 0.6 is 23.5 Å². The SMILES string of the molecule is COC(=O)C1=C(Nc2c(C#N)c(SC)nn2-c2ccccc2)C(=O)N2c3c(c(SC)nn3-c3ccccc3)C(=O)C(C(=O)OC)C12C(=O)OC. The summed E-state index contributed by atoms with van der Waals surface area (Å²) in [6.07, 6.45) is 3.35. The molecule has 0 fully saturated rings. The highest BCUT2D eigenvalue weighted by molar-refractivity contribution is 7.98. The number of hydrogen-bond acceptors (Lipinski definition) is 14. The van der Waals surface area contributed by atoms with Crippen molar-refractivity contribution >= 4 is 64.8 Å². The molecular weight excluding hydrogens is 687 g/mol. The Balaban J connectivity index is 1.75. The lowest BCUT2D eigenvalue weighted by molar-refractivity contribution is -0.157. The highest BCUT2D eigenvalue weighted by Crippen LogP contribution is 2.53. The van der Waals surface area contributed by atoms with Crippen molar-refractivity contribution < 1.29 is 38.2 Å². The second-order valence-corrected chi connectivity index (χ2v) is 12.2. The number of ether oxygens (including phenoxy) is 3. The fourth-order valence-electron chi connectivity index (χ4n) is 6.23. The van der Waals surface area contributed by atoms with Crippen molar-refractivity contribution in [3.05, 3.63) is 83.1 Å². The number of aromatic nitrogens is 4. The van der Waals surface area contributed by atoms with E-state index in [1.54, 1.807) is 73.2 Å². The maximum absolute atomic E-state index is 15.1. The van der Waals surface area contributed by atoms with Gasteiger partial charge in [-0.15, -0.1) is 23.5 Å². The van der Waals surface area contributed by atoms with Gasteiger partial charge in [0, 0.05) is 0 Å². The van der Waals surface area contributed by atoms with E-state index in [1.807, 2.05) is 0 Å². The fourth-order valence-corrected chi connectivity index (χ4v) is 7.29. The highest BCUT2D eigenvalue weighted by atomic mass is 32.2. The molecule has 0 saturated heterocycles. The average Bonchev–Trinajstić information content (AvgIpc) is 3.79. The standard InChI is InChI=1S/C33H27N7O8S2/c1-46-30(43)21-23(35-25-19(16-34)26(49-4)36-39(25)17-12-8-6-9-13-17)29(42)38-28-20(27(50-5)37-40(28)18-14-10-7-11-15-18)24(41)22(31(44)47-2)33(21,38)32(45)48-3/h6-15,22,35H,1-5H3. The van der Waals surface area contributed by atoms with Crippen LogP contribution in [0.1, 0.15) is 15.9 Å². The summed E-state index contributed by atoms with van der Waals surface area (Å²) in [6.45, 7) is 0. The van der Waals surface area contributed by atoms with E-state index in [9.17, 15) is 24.4 Å². The van der Waals surface area contributed by atoms with Crippen molar-refractivity contribution in [2.75, 3.05) is 44.1 Å². The normalized spacial score (nSPS) is 17.9. The molecule has 17 heteroatoms. The Morgan fingerprint density at radius 3 is 1.96 bits per heavy atom. The first-order chi connectivity index (χ1) is 24.1. The largest absolute Gasteiger partial charge is 0.468 e. The Morgan fingerprint density at radius 1 is 0.860 bits per heavy atom. The summed E-state index contributed by atoms with van der Waals surface area (Å²) in [5.74, 6) is -8.19. The van der Waals surface area contributed by atoms with Crippen LogP contribution in [0.25, 0.3) is 11.4 Å².